The lowest BCUT2D eigenvalue weighted by Crippen LogP contribution is -2.22. The summed E-state index contributed by atoms with van der Waals surface area (Å²) in [7, 11) is 0. The maximum atomic E-state index is 12.7. The van der Waals surface area contributed by atoms with Crippen LogP contribution < -0.4 is 5.32 Å². The van der Waals surface area contributed by atoms with Crippen molar-refractivity contribution in [2.45, 2.75) is 33.4 Å². The van der Waals surface area contributed by atoms with Gasteiger partial charge in [-0.3, -0.25) is 4.79 Å². The first-order chi connectivity index (χ1) is 12.9. The fourth-order valence-corrected chi connectivity index (χ4v) is 2.67. The van der Waals surface area contributed by atoms with E-state index in [0.29, 0.717) is 17.8 Å². The van der Waals surface area contributed by atoms with Gasteiger partial charge in [0.2, 0.25) is 0 Å². The molecule has 0 aliphatic heterocycles. The molecule has 1 aromatic heterocycles. The SMILES string of the molecule is Cc1ccc(-c2cn(CC(O)C(C)C)nn2)cc1C(=O)Nc1ccccc1. The zero-order valence-electron chi connectivity index (χ0n) is 15.8. The van der Waals surface area contributed by atoms with E-state index >= 15 is 0 Å². The van der Waals surface area contributed by atoms with Gasteiger partial charge in [-0.2, -0.15) is 0 Å². The second-order valence-electron chi connectivity index (χ2n) is 6.99. The summed E-state index contributed by atoms with van der Waals surface area (Å²) in [5.41, 5.74) is 3.70. The molecule has 6 heteroatoms. The molecule has 2 N–H and O–H groups in total. The van der Waals surface area contributed by atoms with Gasteiger partial charge in [-0.05, 0) is 36.6 Å². The Morgan fingerprint density at radius 1 is 1.19 bits per heavy atom. The summed E-state index contributed by atoms with van der Waals surface area (Å²) in [6, 6.07) is 15.0. The lowest BCUT2D eigenvalue weighted by molar-refractivity contribution is 0.102. The third-order valence-corrected chi connectivity index (χ3v) is 4.49. The number of benzene rings is 2. The van der Waals surface area contributed by atoms with Gasteiger partial charge < -0.3 is 10.4 Å². The Labute approximate surface area is 158 Å². The number of nitrogens with zero attached hydrogens (tertiary/aromatic N) is 3. The van der Waals surface area contributed by atoms with E-state index in [1.54, 1.807) is 10.9 Å². The summed E-state index contributed by atoms with van der Waals surface area (Å²) in [4.78, 5) is 12.7. The number of aromatic nitrogens is 3. The van der Waals surface area contributed by atoms with E-state index in [0.717, 1.165) is 16.8 Å². The van der Waals surface area contributed by atoms with Crippen LogP contribution in [0.15, 0.2) is 54.7 Å². The average molecular weight is 364 g/mol. The van der Waals surface area contributed by atoms with Gasteiger partial charge in [-0.25, -0.2) is 4.68 Å². The van der Waals surface area contributed by atoms with Gasteiger partial charge in [0.1, 0.15) is 5.69 Å². The highest BCUT2D eigenvalue weighted by Gasteiger charge is 2.14. The molecule has 1 atom stereocenters. The van der Waals surface area contributed by atoms with Crippen LogP contribution in [0.1, 0.15) is 29.8 Å². The number of rotatable bonds is 6. The number of carbonyl (C=O) groups excluding carboxylic acids is 1. The predicted octanol–water partition coefficient (Wildman–Crippen LogP) is 3.52. The van der Waals surface area contributed by atoms with Crippen LogP contribution in [0.3, 0.4) is 0 Å². The minimum Gasteiger partial charge on any atom is -0.391 e. The molecule has 140 valence electrons. The zero-order chi connectivity index (χ0) is 19.4. The number of nitrogens with one attached hydrogen (secondary N) is 1. The Morgan fingerprint density at radius 3 is 2.63 bits per heavy atom. The quantitative estimate of drug-likeness (QED) is 0.701. The molecule has 0 saturated carbocycles. The van der Waals surface area contributed by atoms with E-state index in [1.165, 1.54) is 0 Å². The number of para-hydroxylation sites is 1. The second kappa shape index (κ2) is 8.14. The first kappa shape index (κ1) is 18.8. The van der Waals surface area contributed by atoms with Crippen molar-refractivity contribution >= 4 is 11.6 Å². The molecule has 3 aromatic rings. The van der Waals surface area contributed by atoms with E-state index in [9.17, 15) is 9.90 Å². The van der Waals surface area contributed by atoms with Gasteiger partial charge in [0, 0.05) is 16.8 Å². The molecular weight excluding hydrogens is 340 g/mol. The molecule has 6 nitrogen and oxygen atoms in total. The molecule has 0 radical (unpaired) electrons. The summed E-state index contributed by atoms with van der Waals surface area (Å²) < 4.78 is 1.63. The van der Waals surface area contributed by atoms with Crippen LogP contribution in [0.25, 0.3) is 11.3 Å². The molecule has 3 rings (SSSR count). The Morgan fingerprint density at radius 2 is 1.93 bits per heavy atom. The van der Waals surface area contributed by atoms with Gasteiger partial charge in [0.25, 0.3) is 5.91 Å². The van der Waals surface area contributed by atoms with Crippen LogP contribution in [-0.2, 0) is 6.54 Å². The van der Waals surface area contributed by atoms with Crippen molar-refractivity contribution in [3.05, 3.63) is 65.9 Å². The number of hydrogen-bond acceptors (Lipinski definition) is 4. The Bertz CT molecular complexity index is 919. The molecule has 1 amide bonds. The van der Waals surface area contributed by atoms with Gasteiger partial charge in [0.05, 0.1) is 18.8 Å². The fraction of sp³-hybridized carbons (Fsp3) is 0.286. The molecule has 27 heavy (non-hydrogen) atoms. The number of carbonyl (C=O) groups is 1. The standard InChI is InChI=1S/C21H24N4O2/c1-14(2)20(26)13-25-12-19(23-24-25)16-10-9-15(3)18(11-16)21(27)22-17-7-5-4-6-8-17/h4-12,14,20,26H,13H2,1-3H3,(H,22,27). The van der Waals surface area contributed by atoms with Crippen molar-refractivity contribution in [1.82, 2.24) is 15.0 Å². The highest BCUT2D eigenvalue weighted by molar-refractivity contribution is 6.05. The van der Waals surface area contributed by atoms with Crippen molar-refractivity contribution in [3.8, 4) is 11.3 Å². The summed E-state index contributed by atoms with van der Waals surface area (Å²) in [6.07, 6.45) is 1.31. The van der Waals surface area contributed by atoms with Crippen molar-refractivity contribution in [1.29, 1.82) is 0 Å². The molecule has 0 saturated heterocycles. The molecule has 0 spiro atoms. The molecule has 1 heterocycles. The topological polar surface area (TPSA) is 80.0 Å². The summed E-state index contributed by atoms with van der Waals surface area (Å²) in [6.45, 7) is 6.21. The Kier molecular flexibility index (Phi) is 5.66. The summed E-state index contributed by atoms with van der Waals surface area (Å²) in [5, 5.41) is 21.2. The Balaban J connectivity index is 1.81. The first-order valence-corrected chi connectivity index (χ1v) is 8.99. The monoisotopic (exact) mass is 364 g/mol. The molecule has 0 aliphatic rings. The zero-order valence-corrected chi connectivity index (χ0v) is 15.8. The predicted molar refractivity (Wildman–Crippen MR) is 105 cm³/mol. The number of amides is 1. The maximum Gasteiger partial charge on any atom is 0.255 e. The highest BCUT2D eigenvalue weighted by Crippen LogP contribution is 2.21. The molecule has 2 aromatic carbocycles. The third kappa shape index (κ3) is 4.60. The van der Waals surface area contributed by atoms with Crippen molar-refractivity contribution in [2.75, 3.05) is 5.32 Å². The number of aliphatic hydroxyl groups excluding tert-OH is 1. The molecule has 1 unspecified atom stereocenters. The summed E-state index contributed by atoms with van der Waals surface area (Å²) >= 11 is 0. The minimum atomic E-state index is -0.482. The van der Waals surface area contributed by atoms with Gasteiger partial charge in [-0.1, -0.05) is 49.4 Å². The molecule has 0 aliphatic carbocycles. The van der Waals surface area contributed by atoms with Crippen LogP contribution >= 0.6 is 0 Å². The van der Waals surface area contributed by atoms with E-state index in [2.05, 4.69) is 15.6 Å². The van der Waals surface area contributed by atoms with E-state index in [1.807, 2.05) is 69.3 Å². The van der Waals surface area contributed by atoms with E-state index < -0.39 is 6.10 Å². The van der Waals surface area contributed by atoms with Gasteiger partial charge in [-0.15, -0.1) is 5.10 Å². The normalized spacial score (nSPS) is 12.2. The van der Waals surface area contributed by atoms with Crippen LogP contribution in [0.5, 0.6) is 0 Å². The van der Waals surface area contributed by atoms with Crippen molar-refractivity contribution in [2.24, 2.45) is 5.92 Å². The summed E-state index contributed by atoms with van der Waals surface area (Å²) in [5.74, 6) is -0.0199. The van der Waals surface area contributed by atoms with Crippen LogP contribution in [0.2, 0.25) is 0 Å². The van der Waals surface area contributed by atoms with Gasteiger partial charge >= 0.3 is 0 Å². The molecule has 0 fully saturated rings. The second-order valence-corrected chi connectivity index (χ2v) is 6.99. The van der Waals surface area contributed by atoms with Crippen LogP contribution in [0.4, 0.5) is 5.69 Å². The van der Waals surface area contributed by atoms with Crippen LogP contribution in [-0.4, -0.2) is 32.1 Å². The van der Waals surface area contributed by atoms with Gasteiger partial charge in [0.15, 0.2) is 0 Å². The number of aryl methyl sites for hydroxylation is 1. The maximum absolute atomic E-state index is 12.7. The fourth-order valence-electron chi connectivity index (χ4n) is 2.67. The number of aliphatic hydroxyl groups is 1. The minimum absolute atomic E-state index is 0.144. The first-order valence-electron chi connectivity index (χ1n) is 8.99. The van der Waals surface area contributed by atoms with Crippen molar-refractivity contribution in [3.63, 3.8) is 0 Å². The lowest BCUT2D eigenvalue weighted by atomic mass is 10.0. The van der Waals surface area contributed by atoms with E-state index in [4.69, 9.17) is 0 Å². The molecular formula is C21H24N4O2. The largest absolute Gasteiger partial charge is 0.391 e. The lowest BCUT2D eigenvalue weighted by Gasteiger charge is -2.13. The third-order valence-electron chi connectivity index (χ3n) is 4.49. The van der Waals surface area contributed by atoms with Crippen LogP contribution in [0, 0.1) is 12.8 Å². The Hall–Kier alpha value is -2.99. The smallest absolute Gasteiger partial charge is 0.255 e. The number of hydrogen-bond donors (Lipinski definition) is 2. The number of anilines is 1. The average Bonchev–Trinajstić information content (AvgIpc) is 3.11. The van der Waals surface area contributed by atoms with Crippen molar-refractivity contribution < 1.29 is 9.90 Å². The highest BCUT2D eigenvalue weighted by atomic mass is 16.3. The van der Waals surface area contributed by atoms with E-state index in [-0.39, 0.29) is 11.8 Å². The molecule has 0 bridgehead atoms.